The first-order valence-electron chi connectivity index (χ1n) is 6.67. The molecule has 1 aliphatic rings. The minimum atomic E-state index is -0.526. The molecule has 5 nitrogen and oxygen atoms in total. The number of halogens is 2. The van der Waals surface area contributed by atoms with Crippen LogP contribution in [0.15, 0.2) is 22.7 Å². The maximum Gasteiger partial charge on any atom is 0.257 e. The fourth-order valence-corrected chi connectivity index (χ4v) is 2.84. The molecule has 0 saturated heterocycles. The summed E-state index contributed by atoms with van der Waals surface area (Å²) in [6.45, 7) is 1.20. The number of nitrogens with zero attached hydrogens (tertiary/aromatic N) is 4. The van der Waals surface area contributed by atoms with Crippen LogP contribution in [0.4, 0.5) is 4.39 Å². The van der Waals surface area contributed by atoms with Gasteiger partial charge in [0.2, 0.25) is 0 Å². The van der Waals surface area contributed by atoms with Crippen molar-refractivity contribution in [3.63, 3.8) is 0 Å². The van der Waals surface area contributed by atoms with Crippen LogP contribution >= 0.6 is 15.9 Å². The van der Waals surface area contributed by atoms with E-state index in [-0.39, 0.29) is 11.5 Å². The number of aromatic nitrogens is 3. The van der Waals surface area contributed by atoms with Gasteiger partial charge >= 0.3 is 0 Å². The number of carbonyl (C=O) groups is 1. The third-order valence-electron chi connectivity index (χ3n) is 3.57. The zero-order valence-electron chi connectivity index (χ0n) is 11.5. The van der Waals surface area contributed by atoms with Crippen LogP contribution in [-0.2, 0) is 19.5 Å². The van der Waals surface area contributed by atoms with Gasteiger partial charge in [-0.1, -0.05) is 15.9 Å². The Morgan fingerprint density at radius 3 is 3.10 bits per heavy atom. The summed E-state index contributed by atoms with van der Waals surface area (Å²) in [5.41, 5.74) is 0.0491. The van der Waals surface area contributed by atoms with Crippen molar-refractivity contribution >= 4 is 21.8 Å². The number of fused-ring (bicyclic) bond motifs is 1. The van der Waals surface area contributed by atoms with E-state index in [1.165, 1.54) is 17.0 Å². The average molecular weight is 353 g/mol. The summed E-state index contributed by atoms with van der Waals surface area (Å²) in [4.78, 5) is 13.8. The van der Waals surface area contributed by atoms with Crippen molar-refractivity contribution in [3.05, 3.63) is 45.7 Å². The van der Waals surface area contributed by atoms with Crippen LogP contribution in [0.1, 0.15) is 28.4 Å². The number of aryl methyl sites for hydroxylation is 1. The summed E-state index contributed by atoms with van der Waals surface area (Å²) < 4.78 is 16.5. The van der Waals surface area contributed by atoms with Crippen molar-refractivity contribution in [1.29, 1.82) is 0 Å². The molecule has 0 radical (unpaired) electrons. The van der Waals surface area contributed by atoms with E-state index in [0.717, 1.165) is 31.0 Å². The molecule has 1 aromatic heterocycles. The largest absolute Gasteiger partial charge is 0.334 e. The number of amides is 1. The van der Waals surface area contributed by atoms with Gasteiger partial charge in [-0.2, -0.15) is 0 Å². The van der Waals surface area contributed by atoms with Crippen LogP contribution < -0.4 is 0 Å². The van der Waals surface area contributed by atoms with Crippen LogP contribution in [0.2, 0.25) is 0 Å². The molecule has 7 heteroatoms. The summed E-state index contributed by atoms with van der Waals surface area (Å²) >= 11 is 3.25. The van der Waals surface area contributed by atoms with Crippen LogP contribution in [0, 0.1) is 5.82 Å². The molecule has 0 fully saturated rings. The zero-order valence-corrected chi connectivity index (χ0v) is 13.1. The van der Waals surface area contributed by atoms with Crippen LogP contribution in [0.25, 0.3) is 0 Å². The minimum absolute atomic E-state index is 0.0491. The van der Waals surface area contributed by atoms with E-state index in [0.29, 0.717) is 11.0 Å². The lowest BCUT2D eigenvalue weighted by Crippen LogP contribution is -2.28. The van der Waals surface area contributed by atoms with Crippen LogP contribution in [-0.4, -0.2) is 32.6 Å². The van der Waals surface area contributed by atoms with E-state index in [1.54, 1.807) is 13.1 Å². The van der Waals surface area contributed by atoms with Crippen molar-refractivity contribution < 1.29 is 9.18 Å². The lowest BCUT2D eigenvalue weighted by atomic mass is 10.2. The summed E-state index contributed by atoms with van der Waals surface area (Å²) in [5, 5.41) is 8.22. The molecule has 0 N–H and O–H groups in total. The molecule has 1 aromatic carbocycles. The van der Waals surface area contributed by atoms with Crippen molar-refractivity contribution in [1.82, 2.24) is 19.7 Å². The molecule has 0 spiro atoms. The Bertz CT molecular complexity index is 700. The molecule has 0 aliphatic carbocycles. The molecule has 3 rings (SSSR count). The molecule has 0 bridgehead atoms. The number of benzene rings is 1. The lowest BCUT2D eigenvalue weighted by molar-refractivity contribution is 0.0775. The summed E-state index contributed by atoms with van der Waals surface area (Å²) in [7, 11) is 1.64. The Kier molecular flexibility index (Phi) is 3.75. The van der Waals surface area contributed by atoms with Gasteiger partial charge in [-0.3, -0.25) is 4.79 Å². The van der Waals surface area contributed by atoms with Gasteiger partial charge in [-0.15, -0.1) is 10.2 Å². The first-order chi connectivity index (χ1) is 10.1. The van der Waals surface area contributed by atoms with E-state index in [4.69, 9.17) is 0 Å². The summed E-state index contributed by atoms with van der Waals surface area (Å²) in [6.07, 6.45) is 1.97. The fourth-order valence-electron chi connectivity index (χ4n) is 2.48. The Morgan fingerprint density at radius 1 is 1.48 bits per heavy atom. The van der Waals surface area contributed by atoms with Crippen LogP contribution in [0.3, 0.4) is 0 Å². The molecule has 0 atom stereocenters. The molecule has 21 heavy (non-hydrogen) atoms. The van der Waals surface area contributed by atoms with Crippen molar-refractivity contribution in [2.75, 3.05) is 7.05 Å². The standard InChI is InChI=1S/C14H14BrFN4O/c1-19(8-13-18-17-12-3-2-6-20(12)13)14(21)10-7-9(15)4-5-11(10)16/h4-5,7H,2-3,6,8H2,1H3. The second-order valence-corrected chi connectivity index (χ2v) is 5.99. The maximum atomic E-state index is 13.8. The number of hydrogen-bond donors (Lipinski definition) is 0. The van der Waals surface area contributed by atoms with E-state index < -0.39 is 5.82 Å². The normalized spacial score (nSPS) is 13.3. The third-order valence-corrected chi connectivity index (χ3v) is 4.06. The molecule has 2 aromatic rings. The Hall–Kier alpha value is -1.76. The SMILES string of the molecule is CN(Cc1nnc2n1CCC2)C(=O)c1cc(Br)ccc1F. The third kappa shape index (κ3) is 2.70. The minimum Gasteiger partial charge on any atom is -0.334 e. The van der Waals surface area contributed by atoms with E-state index in [1.807, 2.05) is 4.57 Å². The monoisotopic (exact) mass is 352 g/mol. The Labute approximate surface area is 129 Å². The highest BCUT2D eigenvalue weighted by Crippen LogP contribution is 2.19. The predicted octanol–water partition coefficient (Wildman–Crippen LogP) is 2.40. The molecule has 2 heterocycles. The van der Waals surface area contributed by atoms with Crippen molar-refractivity contribution in [2.24, 2.45) is 0 Å². The molecule has 1 amide bonds. The highest BCUT2D eigenvalue weighted by Gasteiger charge is 2.22. The molecule has 1 aliphatic heterocycles. The van der Waals surface area contributed by atoms with Gasteiger partial charge in [0, 0.05) is 24.5 Å². The zero-order chi connectivity index (χ0) is 15.0. The maximum absolute atomic E-state index is 13.8. The number of hydrogen-bond acceptors (Lipinski definition) is 3. The smallest absolute Gasteiger partial charge is 0.257 e. The second kappa shape index (κ2) is 5.55. The molecule has 0 saturated carbocycles. The number of rotatable bonds is 3. The molecule has 0 unspecified atom stereocenters. The van der Waals surface area contributed by atoms with Gasteiger partial charge in [0.05, 0.1) is 12.1 Å². The summed E-state index contributed by atoms with van der Waals surface area (Å²) in [6, 6.07) is 4.33. The van der Waals surface area contributed by atoms with Crippen molar-refractivity contribution in [2.45, 2.75) is 25.9 Å². The second-order valence-electron chi connectivity index (χ2n) is 5.07. The average Bonchev–Trinajstić information content (AvgIpc) is 3.05. The highest BCUT2D eigenvalue weighted by molar-refractivity contribution is 9.10. The van der Waals surface area contributed by atoms with E-state index >= 15 is 0 Å². The van der Waals surface area contributed by atoms with E-state index in [2.05, 4.69) is 26.1 Å². The van der Waals surface area contributed by atoms with Gasteiger partial charge in [-0.25, -0.2) is 4.39 Å². The van der Waals surface area contributed by atoms with Gasteiger partial charge in [0.1, 0.15) is 11.6 Å². The van der Waals surface area contributed by atoms with Gasteiger partial charge in [-0.05, 0) is 24.6 Å². The van der Waals surface area contributed by atoms with Gasteiger partial charge < -0.3 is 9.47 Å². The van der Waals surface area contributed by atoms with Gasteiger partial charge in [0.25, 0.3) is 5.91 Å². The fraction of sp³-hybridized carbons (Fsp3) is 0.357. The first-order valence-corrected chi connectivity index (χ1v) is 7.47. The highest BCUT2D eigenvalue weighted by atomic mass is 79.9. The predicted molar refractivity (Wildman–Crippen MR) is 78.2 cm³/mol. The topological polar surface area (TPSA) is 51.0 Å². The first kappa shape index (κ1) is 14.2. The molecular weight excluding hydrogens is 339 g/mol. The Morgan fingerprint density at radius 2 is 2.29 bits per heavy atom. The van der Waals surface area contributed by atoms with E-state index in [9.17, 15) is 9.18 Å². The molecule has 110 valence electrons. The lowest BCUT2D eigenvalue weighted by Gasteiger charge is -2.17. The van der Waals surface area contributed by atoms with Crippen molar-refractivity contribution in [3.8, 4) is 0 Å². The Balaban J connectivity index is 1.80. The summed E-state index contributed by atoms with van der Waals surface area (Å²) in [5.74, 6) is 0.805. The molecular formula is C14H14BrFN4O. The van der Waals surface area contributed by atoms with Crippen LogP contribution in [0.5, 0.6) is 0 Å². The van der Waals surface area contributed by atoms with Gasteiger partial charge in [0.15, 0.2) is 5.82 Å². The number of carbonyl (C=O) groups excluding carboxylic acids is 1. The quantitative estimate of drug-likeness (QED) is 0.852.